The van der Waals surface area contributed by atoms with Gasteiger partial charge < -0.3 is 19.9 Å². The lowest BCUT2D eigenvalue weighted by molar-refractivity contribution is 0.122. The highest BCUT2D eigenvalue weighted by Crippen LogP contribution is 2.46. The SMILES string of the molecule is C[C@@H]1[C@@H](CS(C)(=O)=O)CN1c1cc(Nc2cc(N3OCC[C@@H]3c3cccc(F)c3F)ncn2)cc(-c2cnn(C)c2)c1N1CCOCC1. The van der Waals surface area contributed by atoms with Gasteiger partial charge in [0.1, 0.15) is 22.0 Å². The zero-order valence-corrected chi connectivity index (χ0v) is 27.8. The van der Waals surface area contributed by atoms with Gasteiger partial charge in [0.2, 0.25) is 0 Å². The van der Waals surface area contributed by atoms with Crippen LogP contribution in [0.2, 0.25) is 0 Å². The minimum atomic E-state index is -3.13. The number of hydroxylamine groups is 1. The highest BCUT2D eigenvalue weighted by atomic mass is 32.2. The van der Waals surface area contributed by atoms with Crippen molar-refractivity contribution in [2.24, 2.45) is 13.0 Å². The Bertz CT molecular complexity index is 1920. The van der Waals surface area contributed by atoms with Gasteiger partial charge in [0.25, 0.3) is 0 Å². The summed E-state index contributed by atoms with van der Waals surface area (Å²) < 4.78 is 60.7. The van der Waals surface area contributed by atoms with E-state index >= 15 is 0 Å². The van der Waals surface area contributed by atoms with Gasteiger partial charge in [-0.15, -0.1) is 0 Å². The molecule has 2 aromatic carbocycles. The van der Waals surface area contributed by atoms with Gasteiger partial charge in [-0.05, 0) is 25.1 Å². The first-order valence-electron chi connectivity index (χ1n) is 15.9. The molecule has 2 aromatic heterocycles. The fraction of sp³-hybridized carbons (Fsp3) is 0.424. The number of nitrogens with one attached hydrogen (secondary N) is 1. The highest BCUT2D eigenvalue weighted by molar-refractivity contribution is 7.90. The lowest BCUT2D eigenvalue weighted by Crippen LogP contribution is -2.57. The van der Waals surface area contributed by atoms with Crippen LogP contribution in [0.4, 0.5) is 37.5 Å². The number of benzene rings is 2. The maximum absolute atomic E-state index is 14.8. The molecule has 0 saturated carbocycles. The average molecular weight is 681 g/mol. The molecular weight excluding hydrogens is 642 g/mol. The van der Waals surface area contributed by atoms with E-state index in [9.17, 15) is 17.2 Å². The molecule has 3 fully saturated rings. The lowest BCUT2D eigenvalue weighted by atomic mass is 9.89. The number of rotatable bonds is 9. The second-order valence-electron chi connectivity index (χ2n) is 12.6. The van der Waals surface area contributed by atoms with Crippen LogP contribution in [0.15, 0.2) is 55.1 Å². The van der Waals surface area contributed by atoms with Gasteiger partial charge in [0.05, 0.1) is 49.2 Å². The minimum absolute atomic E-state index is 0.00497. The summed E-state index contributed by atoms with van der Waals surface area (Å²) >= 11 is 0. The molecule has 0 bridgehead atoms. The Morgan fingerprint density at radius 3 is 2.62 bits per heavy atom. The molecule has 4 aromatic rings. The van der Waals surface area contributed by atoms with Crippen LogP contribution in [0.5, 0.6) is 0 Å². The minimum Gasteiger partial charge on any atom is -0.378 e. The third kappa shape index (κ3) is 6.41. The number of halogens is 2. The van der Waals surface area contributed by atoms with E-state index in [1.54, 1.807) is 16.8 Å². The molecule has 48 heavy (non-hydrogen) atoms. The van der Waals surface area contributed by atoms with Crippen molar-refractivity contribution in [3.8, 4) is 11.1 Å². The van der Waals surface area contributed by atoms with Gasteiger partial charge in [0.15, 0.2) is 17.5 Å². The molecule has 15 heteroatoms. The Hall–Kier alpha value is -4.34. The zero-order chi connectivity index (χ0) is 33.6. The smallest absolute Gasteiger partial charge is 0.164 e. The van der Waals surface area contributed by atoms with E-state index in [-0.39, 0.29) is 23.3 Å². The third-order valence-electron chi connectivity index (χ3n) is 9.26. The first-order valence-corrected chi connectivity index (χ1v) is 18.0. The Morgan fingerprint density at radius 2 is 1.90 bits per heavy atom. The van der Waals surface area contributed by atoms with Crippen LogP contribution in [0.3, 0.4) is 0 Å². The van der Waals surface area contributed by atoms with Crippen molar-refractivity contribution in [2.45, 2.75) is 25.4 Å². The average Bonchev–Trinajstić information content (AvgIpc) is 3.73. The summed E-state index contributed by atoms with van der Waals surface area (Å²) in [6, 6.07) is 9.40. The second kappa shape index (κ2) is 12.9. The van der Waals surface area contributed by atoms with Crippen molar-refractivity contribution in [1.29, 1.82) is 0 Å². The van der Waals surface area contributed by atoms with E-state index in [0.29, 0.717) is 57.5 Å². The molecule has 1 N–H and O–H groups in total. The lowest BCUT2D eigenvalue weighted by Gasteiger charge is -2.49. The van der Waals surface area contributed by atoms with Crippen LogP contribution in [0.25, 0.3) is 11.1 Å². The maximum Gasteiger partial charge on any atom is 0.164 e. The highest BCUT2D eigenvalue weighted by Gasteiger charge is 2.40. The van der Waals surface area contributed by atoms with E-state index in [1.807, 2.05) is 19.4 Å². The molecule has 3 aliphatic rings. The molecule has 5 heterocycles. The fourth-order valence-corrected chi connectivity index (χ4v) is 8.00. The zero-order valence-electron chi connectivity index (χ0n) is 27.0. The van der Waals surface area contributed by atoms with Crippen LogP contribution < -0.4 is 20.2 Å². The Balaban J connectivity index is 1.26. The van der Waals surface area contributed by atoms with E-state index in [2.05, 4.69) is 49.2 Å². The van der Waals surface area contributed by atoms with Crippen LogP contribution in [-0.2, 0) is 26.5 Å². The number of morpholine rings is 1. The number of ether oxygens (including phenoxy) is 1. The van der Waals surface area contributed by atoms with Crippen molar-refractivity contribution < 1.29 is 26.8 Å². The predicted octanol–water partition coefficient (Wildman–Crippen LogP) is 4.49. The van der Waals surface area contributed by atoms with Crippen LogP contribution in [-0.4, -0.2) is 85.7 Å². The molecule has 0 spiro atoms. The second-order valence-corrected chi connectivity index (χ2v) is 14.8. The van der Waals surface area contributed by atoms with Crippen molar-refractivity contribution in [3.05, 3.63) is 72.3 Å². The Labute approximate surface area is 278 Å². The molecule has 7 rings (SSSR count). The molecule has 0 unspecified atom stereocenters. The summed E-state index contributed by atoms with van der Waals surface area (Å²) in [7, 11) is -1.26. The monoisotopic (exact) mass is 680 g/mol. The first kappa shape index (κ1) is 32.2. The van der Waals surface area contributed by atoms with Crippen LogP contribution in [0, 0.1) is 17.6 Å². The van der Waals surface area contributed by atoms with Gasteiger partial charge >= 0.3 is 0 Å². The molecule has 0 radical (unpaired) electrons. The number of sulfone groups is 1. The van der Waals surface area contributed by atoms with Crippen LogP contribution in [0.1, 0.15) is 24.9 Å². The summed E-state index contributed by atoms with van der Waals surface area (Å²) in [6.45, 7) is 5.60. The van der Waals surface area contributed by atoms with Gasteiger partial charge in [-0.25, -0.2) is 32.2 Å². The van der Waals surface area contributed by atoms with E-state index in [0.717, 1.165) is 34.3 Å². The molecule has 3 aliphatic heterocycles. The molecule has 3 saturated heterocycles. The Kier molecular flexibility index (Phi) is 8.68. The quantitative estimate of drug-likeness (QED) is 0.270. The van der Waals surface area contributed by atoms with Gasteiger partial charge in [-0.3, -0.25) is 9.52 Å². The molecule has 0 aliphatic carbocycles. The number of nitrogens with zero attached hydrogens (tertiary/aromatic N) is 7. The normalized spacial score (nSPS) is 21.4. The summed E-state index contributed by atoms with van der Waals surface area (Å²) in [4.78, 5) is 19.3. The number of aryl methyl sites for hydroxylation is 1. The van der Waals surface area contributed by atoms with Crippen molar-refractivity contribution in [2.75, 3.05) is 71.6 Å². The summed E-state index contributed by atoms with van der Waals surface area (Å²) in [5, 5.41) is 9.39. The van der Waals surface area contributed by atoms with E-state index < -0.39 is 27.5 Å². The molecule has 12 nitrogen and oxygen atoms in total. The fourth-order valence-electron chi connectivity index (χ4n) is 6.84. The first-order chi connectivity index (χ1) is 23.1. The Morgan fingerprint density at radius 1 is 1.08 bits per heavy atom. The van der Waals surface area contributed by atoms with Crippen molar-refractivity contribution >= 4 is 38.5 Å². The largest absolute Gasteiger partial charge is 0.378 e. The van der Waals surface area contributed by atoms with Crippen molar-refractivity contribution in [3.63, 3.8) is 0 Å². The molecule has 0 amide bonds. The topological polar surface area (TPSA) is 118 Å². The van der Waals surface area contributed by atoms with E-state index in [1.165, 1.54) is 23.7 Å². The number of anilines is 5. The third-order valence-corrected chi connectivity index (χ3v) is 10.3. The number of hydrogen-bond donors (Lipinski definition) is 1. The predicted molar refractivity (Wildman–Crippen MR) is 179 cm³/mol. The van der Waals surface area contributed by atoms with Crippen LogP contribution >= 0.6 is 0 Å². The van der Waals surface area contributed by atoms with E-state index in [4.69, 9.17) is 9.57 Å². The maximum atomic E-state index is 14.8. The van der Waals surface area contributed by atoms with Crippen molar-refractivity contribution in [1.82, 2.24) is 19.7 Å². The number of hydrogen-bond acceptors (Lipinski definition) is 11. The summed E-state index contributed by atoms with van der Waals surface area (Å²) in [5.74, 6) is -0.798. The van der Waals surface area contributed by atoms with Gasteiger partial charge in [-0.1, -0.05) is 12.1 Å². The number of aromatic nitrogens is 4. The molecule has 254 valence electrons. The molecular formula is C33H38F2N8O4S. The summed E-state index contributed by atoms with van der Waals surface area (Å²) in [5.41, 5.74) is 4.84. The molecule has 3 atom stereocenters. The summed E-state index contributed by atoms with van der Waals surface area (Å²) in [6.07, 6.45) is 6.95. The van der Waals surface area contributed by atoms with Gasteiger partial charge in [0, 0.05) is 86.0 Å². The van der Waals surface area contributed by atoms with Gasteiger partial charge in [-0.2, -0.15) is 5.10 Å². The standard InChI is InChI=1S/C33H38F2N8O4S/c1-21-23(19-48(3,44)45)18-42(21)29-14-24(13-26(22-16-38-40(2)17-22)33(29)41-8-11-46-12-9-41)39-30-15-31(37-20-36-30)43-28(7-10-47-43)25-5-4-6-27(34)32(25)35/h4-6,13-17,20-21,23,28H,7-12,18-19H2,1-3H3,(H,36,37,39)/t21-,23-,28-/m1/s1.